The molecule has 3 fully saturated rings. The number of carbonyl (C=O) groups excluding carboxylic acids is 3. The Morgan fingerprint density at radius 2 is 1.70 bits per heavy atom. The van der Waals surface area contributed by atoms with Crippen molar-refractivity contribution in [2.24, 2.45) is 5.92 Å². The molecule has 14 nitrogen and oxygen atoms in total. The van der Waals surface area contributed by atoms with E-state index < -0.39 is 0 Å². The number of nitrogens with zero attached hydrogens (tertiary/aromatic N) is 8. The van der Waals surface area contributed by atoms with Crippen LogP contribution in [-0.2, 0) is 11.3 Å². The van der Waals surface area contributed by atoms with Gasteiger partial charge in [-0.1, -0.05) is 25.1 Å². The Labute approximate surface area is 309 Å². The van der Waals surface area contributed by atoms with Crippen LogP contribution < -0.4 is 20.9 Å². The molecule has 3 aromatic heterocycles. The molecule has 3 N–H and O–H groups in total. The summed E-state index contributed by atoms with van der Waals surface area (Å²) in [5, 5.41) is 23.0. The fraction of sp³-hybridized carbons (Fsp3) is 0.462. The van der Waals surface area contributed by atoms with E-state index >= 15 is 0 Å². The van der Waals surface area contributed by atoms with Crippen molar-refractivity contribution in [3.8, 4) is 11.1 Å². The summed E-state index contributed by atoms with van der Waals surface area (Å²) in [6.45, 7) is 4.72. The lowest BCUT2D eigenvalue weighted by Gasteiger charge is -2.39. The van der Waals surface area contributed by atoms with Crippen molar-refractivity contribution in [3.05, 3.63) is 71.4 Å². The zero-order chi connectivity index (χ0) is 36.8. The van der Waals surface area contributed by atoms with E-state index in [4.69, 9.17) is 5.10 Å². The Morgan fingerprint density at radius 3 is 2.42 bits per heavy atom. The average molecular weight is 718 g/mol. The number of amides is 3. The molecule has 2 saturated carbocycles. The molecule has 5 heterocycles. The first kappa shape index (κ1) is 34.7. The molecule has 4 aromatic rings. The van der Waals surface area contributed by atoms with Crippen molar-refractivity contribution in [3.63, 3.8) is 0 Å². The maximum Gasteiger partial charge on any atom is 0.274 e. The molecule has 1 saturated heterocycles. The van der Waals surface area contributed by atoms with Gasteiger partial charge in [-0.05, 0) is 63.1 Å². The number of fused-ring (bicyclic) bond motifs is 3. The van der Waals surface area contributed by atoms with E-state index in [9.17, 15) is 14.4 Å². The van der Waals surface area contributed by atoms with E-state index in [2.05, 4.69) is 65.7 Å². The molecular formula is C39H47N11O3. The molecule has 0 spiro atoms. The highest BCUT2D eigenvalue weighted by atomic mass is 16.2. The fourth-order valence-corrected chi connectivity index (χ4v) is 7.63. The van der Waals surface area contributed by atoms with Crippen LogP contribution in [0.25, 0.3) is 11.1 Å². The number of anilines is 4. The third-order valence-electron chi connectivity index (χ3n) is 10.8. The standard InChI is InChI=1S/C39H47N11O3/c1-5-32-36-28(21-40-50(36)26-16-18-49(19-17-26)22-25-8-6-11-30(41-25)39(53)47(2)3)27-9-7-10-29(35(27)48(32)4)43-31-20-33(44-37(51)23-12-13-23)45-46-34(31)38(52)42-24-14-15-24/h6-11,20-21,23-24,26,32H,5,12-19,22H2,1-4H3,(H,42,52)(H2,43,44,45,51). The molecule has 53 heavy (non-hydrogen) atoms. The first-order valence-corrected chi connectivity index (χ1v) is 18.8. The zero-order valence-corrected chi connectivity index (χ0v) is 30.8. The number of benzene rings is 1. The largest absolute Gasteiger partial charge is 0.364 e. The molecule has 1 unspecified atom stereocenters. The number of aromatic nitrogens is 5. The van der Waals surface area contributed by atoms with Gasteiger partial charge in [0.1, 0.15) is 5.69 Å². The summed E-state index contributed by atoms with van der Waals surface area (Å²) in [5.41, 5.74) is 7.28. The Hall–Kier alpha value is -5.37. The van der Waals surface area contributed by atoms with Crippen LogP contribution in [0.1, 0.15) is 96.3 Å². The molecule has 4 aliphatic rings. The van der Waals surface area contributed by atoms with E-state index in [1.807, 2.05) is 30.5 Å². The number of rotatable bonds is 11. The van der Waals surface area contributed by atoms with Crippen LogP contribution in [0.4, 0.5) is 22.9 Å². The highest BCUT2D eigenvalue weighted by Gasteiger charge is 2.36. The van der Waals surface area contributed by atoms with Gasteiger partial charge < -0.3 is 25.8 Å². The van der Waals surface area contributed by atoms with Crippen LogP contribution in [0.2, 0.25) is 0 Å². The Bertz CT molecular complexity index is 2050. The van der Waals surface area contributed by atoms with Crippen LogP contribution in [0, 0.1) is 5.92 Å². The molecule has 2 aliphatic heterocycles. The zero-order valence-electron chi connectivity index (χ0n) is 30.8. The van der Waals surface area contributed by atoms with Gasteiger partial charge in [-0.25, -0.2) is 4.98 Å². The Morgan fingerprint density at radius 1 is 0.925 bits per heavy atom. The van der Waals surface area contributed by atoms with E-state index in [-0.39, 0.29) is 47.5 Å². The minimum atomic E-state index is -0.286. The number of piperidine rings is 1. The second-order valence-electron chi connectivity index (χ2n) is 15.0. The minimum absolute atomic E-state index is 0.00992. The number of hydrogen-bond donors (Lipinski definition) is 3. The van der Waals surface area contributed by atoms with Crippen LogP contribution in [0.3, 0.4) is 0 Å². The van der Waals surface area contributed by atoms with Crippen molar-refractivity contribution >= 4 is 40.6 Å². The third kappa shape index (κ3) is 7.07. The minimum Gasteiger partial charge on any atom is -0.364 e. The second-order valence-corrected chi connectivity index (χ2v) is 15.0. The van der Waals surface area contributed by atoms with Gasteiger partial charge >= 0.3 is 0 Å². The fourth-order valence-electron chi connectivity index (χ4n) is 7.63. The molecule has 2 aliphatic carbocycles. The van der Waals surface area contributed by atoms with Gasteiger partial charge in [0.05, 0.1) is 46.7 Å². The SMILES string of the molecule is CCC1c2c(cnn2C2CCN(Cc3cccc(C(=O)N(C)C)n3)CC2)-c2cccc(Nc3cc(NC(=O)C4CC4)nnc3C(=O)NC3CC3)c2N1C. The van der Waals surface area contributed by atoms with Gasteiger partial charge in [0.15, 0.2) is 11.5 Å². The predicted octanol–water partition coefficient (Wildman–Crippen LogP) is 5.16. The summed E-state index contributed by atoms with van der Waals surface area (Å²) in [6, 6.07) is 14.0. The molecule has 14 heteroatoms. The summed E-state index contributed by atoms with van der Waals surface area (Å²) in [5.74, 6) is -0.122. The lowest BCUT2D eigenvalue weighted by atomic mass is 9.91. The van der Waals surface area contributed by atoms with E-state index in [0.29, 0.717) is 23.7 Å². The van der Waals surface area contributed by atoms with Gasteiger partial charge in [-0.15, -0.1) is 10.2 Å². The van der Waals surface area contributed by atoms with Gasteiger partial charge in [0, 0.05) is 69.9 Å². The summed E-state index contributed by atoms with van der Waals surface area (Å²) in [6.07, 6.45) is 8.45. The first-order chi connectivity index (χ1) is 25.7. The number of pyridine rings is 1. The molecule has 1 aromatic carbocycles. The topological polar surface area (TPSA) is 154 Å². The van der Waals surface area contributed by atoms with E-state index in [0.717, 1.165) is 86.2 Å². The summed E-state index contributed by atoms with van der Waals surface area (Å²) < 4.78 is 2.26. The predicted molar refractivity (Wildman–Crippen MR) is 202 cm³/mol. The molecule has 1 atom stereocenters. The number of para-hydroxylation sites is 1. The van der Waals surface area contributed by atoms with Gasteiger partial charge in [-0.2, -0.15) is 5.10 Å². The van der Waals surface area contributed by atoms with Crippen molar-refractivity contribution in [2.75, 3.05) is 49.8 Å². The van der Waals surface area contributed by atoms with Crippen molar-refractivity contribution in [1.82, 2.24) is 40.1 Å². The maximum atomic E-state index is 13.3. The monoisotopic (exact) mass is 717 g/mol. The molecule has 3 amide bonds. The molecule has 0 bridgehead atoms. The van der Waals surface area contributed by atoms with Gasteiger partial charge in [-0.3, -0.25) is 24.0 Å². The maximum absolute atomic E-state index is 13.3. The van der Waals surface area contributed by atoms with Crippen molar-refractivity contribution in [2.45, 2.75) is 76.5 Å². The quantitative estimate of drug-likeness (QED) is 0.190. The highest BCUT2D eigenvalue weighted by Crippen LogP contribution is 2.50. The van der Waals surface area contributed by atoms with Crippen LogP contribution in [0.15, 0.2) is 48.7 Å². The molecule has 276 valence electrons. The molecule has 0 radical (unpaired) electrons. The Balaban J connectivity index is 1.04. The van der Waals surface area contributed by atoms with Crippen LogP contribution >= 0.6 is 0 Å². The first-order valence-electron chi connectivity index (χ1n) is 18.8. The average Bonchev–Trinajstić information content (AvgIpc) is 4.10. The highest BCUT2D eigenvalue weighted by molar-refractivity contribution is 6.01. The normalized spacial score (nSPS) is 18.6. The van der Waals surface area contributed by atoms with Crippen LogP contribution in [-0.4, -0.2) is 92.8 Å². The third-order valence-corrected chi connectivity index (χ3v) is 10.8. The van der Waals surface area contributed by atoms with E-state index in [1.165, 1.54) is 5.69 Å². The molecule has 8 rings (SSSR count). The number of hydrogen-bond acceptors (Lipinski definition) is 10. The van der Waals surface area contributed by atoms with Gasteiger partial charge in [0.2, 0.25) is 5.91 Å². The summed E-state index contributed by atoms with van der Waals surface area (Å²) in [7, 11) is 5.61. The number of nitrogens with one attached hydrogen (secondary N) is 3. The second kappa shape index (κ2) is 14.2. The van der Waals surface area contributed by atoms with E-state index in [1.54, 1.807) is 31.1 Å². The van der Waals surface area contributed by atoms with Crippen molar-refractivity contribution in [1.29, 1.82) is 0 Å². The number of carbonyl (C=O) groups is 3. The van der Waals surface area contributed by atoms with Gasteiger partial charge in [0.25, 0.3) is 11.8 Å². The summed E-state index contributed by atoms with van der Waals surface area (Å²) >= 11 is 0. The lowest BCUT2D eigenvalue weighted by Crippen LogP contribution is -2.37. The summed E-state index contributed by atoms with van der Waals surface area (Å²) in [4.78, 5) is 49.3. The van der Waals surface area contributed by atoms with Crippen LogP contribution in [0.5, 0.6) is 0 Å². The number of likely N-dealkylation sites (tertiary alicyclic amines) is 1. The molecular weight excluding hydrogens is 671 g/mol. The van der Waals surface area contributed by atoms with Crippen molar-refractivity contribution < 1.29 is 14.4 Å². The smallest absolute Gasteiger partial charge is 0.274 e. The lowest BCUT2D eigenvalue weighted by molar-refractivity contribution is -0.117. The Kier molecular flexibility index (Phi) is 9.31.